The highest BCUT2D eigenvalue weighted by molar-refractivity contribution is 7.89. The number of halogens is 2. The zero-order valence-electron chi connectivity index (χ0n) is 10.2. The van der Waals surface area contributed by atoms with Crippen molar-refractivity contribution < 1.29 is 12.8 Å². The SMILES string of the molecule is NS(=O)(=O)c1nc2ncc(-c3c(F)cccc3Cl)cn2n1. The molecule has 10 heteroatoms. The van der Waals surface area contributed by atoms with Gasteiger partial charge in [0.25, 0.3) is 21.0 Å². The molecule has 0 aliphatic carbocycles. The van der Waals surface area contributed by atoms with Gasteiger partial charge in [-0.05, 0) is 12.1 Å². The number of nitrogens with two attached hydrogens (primary N) is 1. The van der Waals surface area contributed by atoms with Crippen molar-refractivity contribution in [3.8, 4) is 11.1 Å². The molecule has 0 aliphatic rings. The second kappa shape index (κ2) is 4.72. The fourth-order valence-corrected chi connectivity index (χ4v) is 2.47. The molecule has 0 saturated carbocycles. The molecule has 2 aromatic heterocycles. The summed E-state index contributed by atoms with van der Waals surface area (Å²) in [6.45, 7) is 0. The fourth-order valence-electron chi connectivity index (χ4n) is 1.79. The summed E-state index contributed by atoms with van der Waals surface area (Å²) in [5.74, 6) is -0.509. The number of aromatic nitrogens is 4. The third kappa shape index (κ3) is 2.46. The molecular formula is C11H7ClFN5O2S. The number of nitrogens with zero attached hydrogens (tertiary/aromatic N) is 4. The highest BCUT2D eigenvalue weighted by atomic mass is 35.5. The third-order valence-electron chi connectivity index (χ3n) is 2.68. The minimum Gasteiger partial charge on any atom is -0.222 e. The highest BCUT2D eigenvalue weighted by Crippen LogP contribution is 2.29. The Hall–Kier alpha value is -2.10. The van der Waals surface area contributed by atoms with E-state index in [4.69, 9.17) is 16.7 Å². The van der Waals surface area contributed by atoms with Crippen LogP contribution in [0.3, 0.4) is 0 Å². The van der Waals surface area contributed by atoms with Crippen LogP contribution < -0.4 is 5.14 Å². The fraction of sp³-hybridized carbons (Fsp3) is 0. The Balaban J connectivity index is 2.22. The summed E-state index contributed by atoms with van der Waals surface area (Å²) >= 11 is 5.96. The summed E-state index contributed by atoms with van der Waals surface area (Å²) in [6.07, 6.45) is 2.69. The van der Waals surface area contributed by atoms with E-state index in [0.717, 1.165) is 4.52 Å². The molecule has 3 rings (SSSR count). The Kier molecular flexibility index (Phi) is 3.12. The molecule has 1 aromatic carbocycles. The van der Waals surface area contributed by atoms with E-state index in [1.807, 2.05) is 0 Å². The van der Waals surface area contributed by atoms with Gasteiger partial charge in [0, 0.05) is 23.5 Å². The number of hydrogen-bond donors (Lipinski definition) is 1. The van der Waals surface area contributed by atoms with Gasteiger partial charge in [0.1, 0.15) is 5.82 Å². The van der Waals surface area contributed by atoms with Crippen molar-refractivity contribution in [1.82, 2.24) is 19.6 Å². The van der Waals surface area contributed by atoms with Gasteiger partial charge in [-0.3, -0.25) is 0 Å². The van der Waals surface area contributed by atoms with Crippen LogP contribution in [0.5, 0.6) is 0 Å². The largest absolute Gasteiger partial charge is 0.284 e. The van der Waals surface area contributed by atoms with Gasteiger partial charge in [-0.2, -0.15) is 4.98 Å². The Morgan fingerprint density at radius 2 is 2.10 bits per heavy atom. The molecule has 7 nitrogen and oxygen atoms in total. The average Bonchev–Trinajstić information content (AvgIpc) is 2.81. The molecule has 0 unspecified atom stereocenters. The maximum absolute atomic E-state index is 13.9. The first-order valence-electron chi connectivity index (χ1n) is 5.56. The van der Waals surface area contributed by atoms with Gasteiger partial charge in [0.05, 0.1) is 5.02 Å². The molecule has 3 aromatic rings. The summed E-state index contributed by atoms with van der Waals surface area (Å²) in [6, 6.07) is 4.26. The zero-order chi connectivity index (χ0) is 15.2. The topological polar surface area (TPSA) is 103 Å². The van der Waals surface area contributed by atoms with E-state index in [0.29, 0.717) is 5.56 Å². The molecule has 0 atom stereocenters. The Morgan fingerprint density at radius 1 is 1.33 bits per heavy atom. The van der Waals surface area contributed by atoms with Crippen molar-refractivity contribution in [2.45, 2.75) is 5.16 Å². The van der Waals surface area contributed by atoms with Gasteiger partial charge in [0.15, 0.2) is 0 Å². The van der Waals surface area contributed by atoms with Crippen LogP contribution >= 0.6 is 11.6 Å². The normalized spacial score (nSPS) is 12.0. The zero-order valence-corrected chi connectivity index (χ0v) is 11.8. The summed E-state index contributed by atoms with van der Waals surface area (Å²) in [7, 11) is -4.04. The second-order valence-corrected chi connectivity index (χ2v) is 5.99. The number of primary sulfonamides is 1. The van der Waals surface area contributed by atoms with Crippen LogP contribution in [0.4, 0.5) is 4.39 Å². The molecule has 0 radical (unpaired) electrons. The molecule has 0 amide bonds. The van der Waals surface area contributed by atoms with E-state index in [2.05, 4.69) is 15.1 Å². The molecule has 0 spiro atoms. The summed E-state index contributed by atoms with van der Waals surface area (Å²) < 4.78 is 37.3. The van der Waals surface area contributed by atoms with E-state index in [-0.39, 0.29) is 16.4 Å². The molecule has 0 fully saturated rings. The van der Waals surface area contributed by atoms with Crippen LogP contribution in [-0.2, 0) is 10.0 Å². The van der Waals surface area contributed by atoms with Crippen molar-refractivity contribution in [2.24, 2.45) is 5.14 Å². The smallest absolute Gasteiger partial charge is 0.222 e. The van der Waals surface area contributed by atoms with Crippen molar-refractivity contribution in [1.29, 1.82) is 0 Å². The van der Waals surface area contributed by atoms with E-state index in [1.165, 1.54) is 30.6 Å². The lowest BCUT2D eigenvalue weighted by Crippen LogP contribution is -2.14. The minimum atomic E-state index is -4.04. The predicted octanol–water partition coefficient (Wildman–Crippen LogP) is 1.23. The molecule has 0 aliphatic heterocycles. The van der Waals surface area contributed by atoms with Crippen molar-refractivity contribution in [3.05, 3.63) is 41.4 Å². The molecule has 0 bridgehead atoms. The number of hydrogen-bond acceptors (Lipinski definition) is 5. The van der Waals surface area contributed by atoms with Gasteiger partial charge < -0.3 is 0 Å². The van der Waals surface area contributed by atoms with Crippen molar-refractivity contribution in [3.63, 3.8) is 0 Å². The maximum Gasteiger partial charge on any atom is 0.284 e. The number of benzene rings is 1. The Morgan fingerprint density at radius 3 is 2.76 bits per heavy atom. The van der Waals surface area contributed by atoms with Crippen LogP contribution in [0.15, 0.2) is 35.7 Å². The van der Waals surface area contributed by atoms with Crippen LogP contribution in [0.25, 0.3) is 16.9 Å². The summed E-state index contributed by atoms with van der Waals surface area (Å²) in [5.41, 5.74) is 0.470. The van der Waals surface area contributed by atoms with E-state index >= 15 is 0 Å². The molecular weight excluding hydrogens is 321 g/mol. The quantitative estimate of drug-likeness (QED) is 0.762. The van der Waals surface area contributed by atoms with E-state index in [9.17, 15) is 12.8 Å². The van der Waals surface area contributed by atoms with Crippen molar-refractivity contribution in [2.75, 3.05) is 0 Å². The van der Waals surface area contributed by atoms with Gasteiger partial charge in [-0.15, -0.1) is 5.10 Å². The van der Waals surface area contributed by atoms with Gasteiger partial charge >= 0.3 is 0 Å². The van der Waals surface area contributed by atoms with Crippen LogP contribution in [0.2, 0.25) is 5.02 Å². The first-order valence-corrected chi connectivity index (χ1v) is 7.48. The van der Waals surface area contributed by atoms with Crippen LogP contribution in [0.1, 0.15) is 0 Å². The molecule has 108 valence electrons. The first kappa shape index (κ1) is 13.9. The van der Waals surface area contributed by atoms with Crippen molar-refractivity contribution >= 4 is 27.4 Å². The number of sulfonamides is 1. The maximum atomic E-state index is 13.9. The summed E-state index contributed by atoms with van der Waals surface area (Å²) in [5, 5.41) is 8.27. The number of rotatable bonds is 2. The van der Waals surface area contributed by atoms with Gasteiger partial charge in [0.2, 0.25) is 0 Å². The minimum absolute atomic E-state index is 0.0234. The lowest BCUT2D eigenvalue weighted by Gasteiger charge is -2.05. The predicted molar refractivity (Wildman–Crippen MR) is 72.6 cm³/mol. The van der Waals surface area contributed by atoms with Gasteiger partial charge in [-0.25, -0.2) is 27.4 Å². The van der Waals surface area contributed by atoms with E-state index in [1.54, 1.807) is 0 Å². The van der Waals surface area contributed by atoms with Gasteiger partial charge in [-0.1, -0.05) is 17.7 Å². The molecule has 2 heterocycles. The molecule has 0 saturated heterocycles. The highest BCUT2D eigenvalue weighted by Gasteiger charge is 2.17. The second-order valence-electron chi connectivity index (χ2n) is 4.12. The number of fused-ring (bicyclic) bond motifs is 1. The summed E-state index contributed by atoms with van der Waals surface area (Å²) in [4.78, 5) is 7.58. The Bertz CT molecular complexity index is 936. The Labute approximate surface area is 123 Å². The average molecular weight is 328 g/mol. The monoisotopic (exact) mass is 327 g/mol. The van der Waals surface area contributed by atoms with Crippen LogP contribution in [0, 0.1) is 5.82 Å². The molecule has 21 heavy (non-hydrogen) atoms. The molecule has 2 N–H and O–H groups in total. The van der Waals surface area contributed by atoms with Crippen LogP contribution in [-0.4, -0.2) is 28.0 Å². The van der Waals surface area contributed by atoms with E-state index < -0.39 is 21.0 Å². The third-order valence-corrected chi connectivity index (χ3v) is 3.68. The lowest BCUT2D eigenvalue weighted by atomic mass is 10.1. The first-order chi connectivity index (χ1) is 9.86. The standard InChI is InChI=1S/C11H7ClFN5O2S/c12-7-2-1-3-8(13)9(7)6-4-15-10-16-11(21(14,19)20)17-18(10)5-6/h1-5H,(H2,14,19,20). The lowest BCUT2D eigenvalue weighted by molar-refractivity contribution is 0.588.